The summed E-state index contributed by atoms with van der Waals surface area (Å²) in [6.45, 7) is 0. The number of para-hydroxylation sites is 2. The van der Waals surface area contributed by atoms with Crippen molar-refractivity contribution in [3.8, 4) is 11.1 Å². The van der Waals surface area contributed by atoms with Crippen molar-refractivity contribution in [1.29, 1.82) is 0 Å². The van der Waals surface area contributed by atoms with Gasteiger partial charge in [-0.25, -0.2) is 0 Å². The molecular weight excluding hydrogens is 546 g/mol. The maximum Gasteiger partial charge on any atom is 0.135 e. The summed E-state index contributed by atoms with van der Waals surface area (Å²) in [5.41, 5.74) is 12.3. The number of benzene rings is 7. The lowest BCUT2D eigenvalue weighted by Gasteiger charge is -2.34. The fraction of sp³-hybridized carbons (Fsp3) is 0.0233. The number of rotatable bonds is 6. The third-order valence-corrected chi connectivity index (χ3v) is 9.34. The van der Waals surface area contributed by atoms with Gasteiger partial charge in [-0.05, 0) is 81.9 Å². The first-order valence-electron chi connectivity index (χ1n) is 15.4. The molecule has 0 N–H and O–H groups in total. The van der Waals surface area contributed by atoms with E-state index in [2.05, 4.69) is 181 Å². The first-order valence-corrected chi connectivity index (χ1v) is 15.4. The van der Waals surface area contributed by atoms with Gasteiger partial charge < -0.3 is 9.32 Å². The molecule has 212 valence electrons. The van der Waals surface area contributed by atoms with Crippen molar-refractivity contribution >= 4 is 39.0 Å². The highest BCUT2D eigenvalue weighted by molar-refractivity contribution is 6.14. The van der Waals surface area contributed by atoms with Crippen molar-refractivity contribution in [2.45, 2.75) is 5.41 Å². The average Bonchev–Trinajstić information content (AvgIpc) is 3.66. The van der Waals surface area contributed by atoms with Crippen LogP contribution >= 0.6 is 0 Å². The van der Waals surface area contributed by atoms with Crippen molar-refractivity contribution in [1.82, 2.24) is 0 Å². The second-order valence-corrected chi connectivity index (χ2v) is 11.7. The number of anilines is 3. The van der Waals surface area contributed by atoms with Crippen molar-refractivity contribution < 1.29 is 4.42 Å². The average molecular weight is 576 g/mol. The van der Waals surface area contributed by atoms with E-state index < -0.39 is 5.41 Å². The number of hydrogen-bond acceptors (Lipinski definition) is 2. The zero-order valence-electron chi connectivity index (χ0n) is 24.6. The predicted molar refractivity (Wildman–Crippen MR) is 186 cm³/mol. The lowest BCUT2D eigenvalue weighted by Crippen LogP contribution is -2.28. The SMILES string of the molecule is c1ccc(N(c2ccccc2)c2ccc(-c3ccc(C4(c5ccccc5)c5cccc6oc7cccc4c7c56)cc3)cc2)cc1. The summed E-state index contributed by atoms with van der Waals surface area (Å²) in [4.78, 5) is 2.29. The van der Waals surface area contributed by atoms with E-state index in [9.17, 15) is 0 Å². The highest BCUT2D eigenvalue weighted by Crippen LogP contribution is 2.56. The maximum absolute atomic E-state index is 6.30. The predicted octanol–water partition coefficient (Wildman–Crippen LogP) is 11.4. The van der Waals surface area contributed by atoms with Gasteiger partial charge in [0, 0.05) is 27.8 Å². The van der Waals surface area contributed by atoms with Crippen LogP contribution in [-0.4, -0.2) is 0 Å². The molecule has 2 heteroatoms. The molecule has 0 radical (unpaired) electrons. The van der Waals surface area contributed by atoms with Gasteiger partial charge in [0.25, 0.3) is 0 Å². The molecule has 8 aromatic rings. The van der Waals surface area contributed by atoms with Crippen molar-refractivity contribution in [3.63, 3.8) is 0 Å². The van der Waals surface area contributed by atoms with Crippen LogP contribution in [0, 0.1) is 0 Å². The summed E-state index contributed by atoms with van der Waals surface area (Å²) in [7, 11) is 0. The molecule has 0 saturated carbocycles. The minimum absolute atomic E-state index is 0.421. The Kier molecular flexibility index (Phi) is 5.76. The molecule has 0 fully saturated rings. The van der Waals surface area contributed by atoms with E-state index in [1.54, 1.807) is 0 Å². The smallest absolute Gasteiger partial charge is 0.135 e. The molecule has 0 atom stereocenters. The molecule has 0 saturated heterocycles. The molecule has 45 heavy (non-hydrogen) atoms. The van der Waals surface area contributed by atoms with E-state index in [-0.39, 0.29) is 0 Å². The molecule has 0 aliphatic heterocycles. The molecule has 1 aliphatic rings. The molecule has 2 nitrogen and oxygen atoms in total. The van der Waals surface area contributed by atoms with Gasteiger partial charge >= 0.3 is 0 Å². The Labute approximate surface area is 262 Å². The Hall–Kier alpha value is -5.86. The first kappa shape index (κ1) is 25.6. The summed E-state index contributed by atoms with van der Waals surface area (Å²) >= 11 is 0. The zero-order chi connectivity index (χ0) is 29.8. The quantitative estimate of drug-likeness (QED) is 0.196. The first-order chi connectivity index (χ1) is 22.3. The van der Waals surface area contributed by atoms with E-state index in [0.29, 0.717) is 0 Å². The van der Waals surface area contributed by atoms with Crippen LogP contribution in [0.25, 0.3) is 33.1 Å². The molecule has 0 bridgehead atoms. The second kappa shape index (κ2) is 10.1. The maximum atomic E-state index is 6.30. The summed E-state index contributed by atoms with van der Waals surface area (Å²) in [5.74, 6) is 0. The monoisotopic (exact) mass is 575 g/mol. The van der Waals surface area contributed by atoms with E-state index >= 15 is 0 Å². The third kappa shape index (κ3) is 3.82. The Bertz CT molecular complexity index is 2190. The second-order valence-electron chi connectivity index (χ2n) is 11.7. The van der Waals surface area contributed by atoms with Crippen LogP contribution in [0.2, 0.25) is 0 Å². The van der Waals surface area contributed by atoms with Gasteiger partial charge in [-0.3, -0.25) is 0 Å². The molecule has 1 aliphatic carbocycles. The Balaban J connectivity index is 1.14. The van der Waals surface area contributed by atoms with E-state index in [1.165, 1.54) is 44.2 Å². The van der Waals surface area contributed by atoms with Gasteiger partial charge in [-0.15, -0.1) is 0 Å². The summed E-state index contributed by atoms with van der Waals surface area (Å²) in [5, 5.41) is 2.46. The lowest BCUT2D eigenvalue weighted by atomic mass is 9.67. The van der Waals surface area contributed by atoms with Crippen LogP contribution < -0.4 is 4.90 Å². The number of hydrogen-bond donors (Lipinski definition) is 0. The molecular formula is C43H29NO. The van der Waals surface area contributed by atoms with E-state index in [4.69, 9.17) is 4.42 Å². The van der Waals surface area contributed by atoms with Gasteiger partial charge in [0.05, 0.1) is 5.41 Å². The minimum Gasteiger partial charge on any atom is -0.456 e. The van der Waals surface area contributed by atoms with Crippen molar-refractivity contribution in [2.75, 3.05) is 4.90 Å². The molecule has 9 rings (SSSR count). The topological polar surface area (TPSA) is 16.4 Å². The normalized spacial score (nSPS) is 13.1. The number of furan rings is 1. The molecule has 0 unspecified atom stereocenters. The van der Waals surface area contributed by atoms with Gasteiger partial charge in [0.15, 0.2) is 0 Å². The van der Waals surface area contributed by atoms with Crippen LogP contribution in [0.3, 0.4) is 0 Å². The number of nitrogens with zero attached hydrogens (tertiary/aromatic N) is 1. The van der Waals surface area contributed by atoms with Crippen LogP contribution in [0.4, 0.5) is 17.1 Å². The van der Waals surface area contributed by atoms with Crippen LogP contribution in [-0.2, 0) is 5.41 Å². The Morgan fingerprint density at radius 2 is 0.778 bits per heavy atom. The fourth-order valence-corrected chi connectivity index (χ4v) is 7.43. The van der Waals surface area contributed by atoms with Crippen LogP contribution in [0.5, 0.6) is 0 Å². The van der Waals surface area contributed by atoms with Gasteiger partial charge in [0.1, 0.15) is 11.2 Å². The molecule has 0 amide bonds. The third-order valence-electron chi connectivity index (χ3n) is 9.34. The van der Waals surface area contributed by atoms with Crippen LogP contribution in [0.1, 0.15) is 22.3 Å². The highest BCUT2D eigenvalue weighted by atomic mass is 16.3. The Morgan fingerprint density at radius 3 is 1.29 bits per heavy atom. The molecule has 0 spiro atoms. The van der Waals surface area contributed by atoms with Crippen molar-refractivity contribution in [2.24, 2.45) is 0 Å². The van der Waals surface area contributed by atoms with Gasteiger partial charge in [0.2, 0.25) is 0 Å². The standard InChI is InChI=1S/C43H29NO/c1-4-12-32(13-5-1)43(37-18-10-20-39-41(37)42-38(43)19-11-21-40(42)45-39)33-26-22-30(23-27-33)31-24-28-36(29-25-31)44(34-14-6-2-7-15-34)35-16-8-3-9-17-35/h1-29H. The van der Waals surface area contributed by atoms with E-state index in [0.717, 1.165) is 28.2 Å². The summed E-state index contributed by atoms with van der Waals surface area (Å²) in [6.07, 6.45) is 0. The van der Waals surface area contributed by atoms with E-state index in [1.807, 2.05) is 0 Å². The largest absolute Gasteiger partial charge is 0.456 e. The summed E-state index contributed by atoms with van der Waals surface area (Å²) < 4.78 is 6.30. The van der Waals surface area contributed by atoms with Gasteiger partial charge in [-0.1, -0.05) is 127 Å². The zero-order valence-corrected chi connectivity index (χ0v) is 24.6. The fourth-order valence-electron chi connectivity index (χ4n) is 7.43. The molecule has 1 aromatic heterocycles. The summed E-state index contributed by atoms with van der Waals surface area (Å²) in [6, 6.07) is 63.0. The highest BCUT2D eigenvalue weighted by Gasteiger charge is 2.46. The Morgan fingerprint density at radius 1 is 0.356 bits per heavy atom. The lowest BCUT2D eigenvalue weighted by molar-refractivity contribution is 0.663. The van der Waals surface area contributed by atoms with Crippen LogP contribution in [0.15, 0.2) is 180 Å². The van der Waals surface area contributed by atoms with Crippen molar-refractivity contribution in [3.05, 3.63) is 198 Å². The molecule has 7 aromatic carbocycles. The van der Waals surface area contributed by atoms with Gasteiger partial charge in [-0.2, -0.15) is 0 Å². The minimum atomic E-state index is -0.421. The molecule has 1 heterocycles.